The molecule has 0 atom stereocenters. The Balaban J connectivity index is 1.74. The fourth-order valence-corrected chi connectivity index (χ4v) is 3.87. The summed E-state index contributed by atoms with van der Waals surface area (Å²) in [6.45, 7) is 1.96. The number of nitrogens with one attached hydrogen (secondary N) is 1. The van der Waals surface area contributed by atoms with Crippen LogP contribution in [0.25, 0.3) is 6.08 Å². The van der Waals surface area contributed by atoms with Gasteiger partial charge in [-0.3, -0.25) is 4.79 Å². The zero-order valence-corrected chi connectivity index (χ0v) is 15.2. The van der Waals surface area contributed by atoms with Gasteiger partial charge in [0.1, 0.15) is 5.75 Å². The molecule has 1 saturated heterocycles. The van der Waals surface area contributed by atoms with E-state index in [-0.39, 0.29) is 11.3 Å². The first kappa shape index (κ1) is 17.7. The molecule has 1 aromatic heterocycles. The fraction of sp³-hybridized carbons (Fsp3) is 0.350. The zero-order chi connectivity index (χ0) is 17.5. The van der Waals surface area contributed by atoms with Crippen molar-refractivity contribution in [3.63, 3.8) is 0 Å². The highest BCUT2D eigenvalue weighted by Gasteiger charge is 2.36. The summed E-state index contributed by atoms with van der Waals surface area (Å²) in [5.74, 6) is 0.791. The lowest BCUT2D eigenvalue weighted by Gasteiger charge is -2.38. The fourth-order valence-electron chi connectivity index (χ4n) is 3.24. The number of methoxy groups -OCH3 is 1. The summed E-state index contributed by atoms with van der Waals surface area (Å²) in [7, 11) is 1.69. The molecule has 2 aromatic rings. The lowest BCUT2D eigenvalue weighted by molar-refractivity contribution is -0.116. The summed E-state index contributed by atoms with van der Waals surface area (Å²) in [5, 5.41) is 7.08. The van der Waals surface area contributed by atoms with E-state index in [0.717, 1.165) is 29.7 Å². The average Bonchev–Trinajstić information content (AvgIpc) is 3.19. The van der Waals surface area contributed by atoms with Crippen molar-refractivity contribution in [3.05, 3.63) is 58.3 Å². The highest BCUT2D eigenvalue weighted by molar-refractivity contribution is 7.08. The quantitative estimate of drug-likeness (QED) is 0.803. The Bertz CT molecular complexity index is 718. The molecule has 0 unspecified atom stereocenters. The van der Waals surface area contributed by atoms with Gasteiger partial charge in [0.2, 0.25) is 5.91 Å². The second-order valence-corrected chi connectivity index (χ2v) is 6.98. The molecule has 1 aliphatic rings. The highest BCUT2D eigenvalue weighted by atomic mass is 32.1. The van der Waals surface area contributed by atoms with E-state index in [1.807, 2.05) is 41.1 Å². The van der Waals surface area contributed by atoms with Crippen molar-refractivity contribution in [2.24, 2.45) is 0 Å². The first-order chi connectivity index (χ1) is 12.2. The van der Waals surface area contributed by atoms with Gasteiger partial charge in [0.05, 0.1) is 7.11 Å². The van der Waals surface area contributed by atoms with E-state index < -0.39 is 0 Å². The number of rotatable bonds is 6. The van der Waals surface area contributed by atoms with Gasteiger partial charge in [-0.1, -0.05) is 18.2 Å². The predicted molar refractivity (Wildman–Crippen MR) is 101 cm³/mol. The molecule has 1 aromatic carbocycles. The molecule has 5 heteroatoms. The van der Waals surface area contributed by atoms with Crippen LogP contribution in [-0.2, 0) is 14.9 Å². The molecule has 1 amide bonds. The first-order valence-corrected chi connectivity index (χ1v) is 9.37. The summed E-state index contributed by atoms with van der Waals surface area (Å²) < 4.78 is 11.1. The maximum Gasteiger partial charge on any atom is 0.244 e. The van der Waals surface area contributed by atoms with Crippen LogP contribution in [0.4, 0.5) is 0 Å². The summed E-state index contributed by atoms with van der Waals surface area (Å²) in [6.07, 6.45) is 5.16. The van der Waals surface area contributed by atoms with E-state index in [4.69, 9.17) is 9.47 Å². The Hall–Kier alpha value is -2.11. The minimum absolute atomic E-state index is 0.0769. The smallest absolute Gasteiger partial charge is 0.244 e. The lowest BCUT2D eigenvalue weighted by atomic mass is 9.73. The highest BCUT2D eigenvalue weighted by Crippen LogP contribution is 2.39. The largest absolute Gasteiger partial charge is 0.496 e. The summed E-state index contributed by atoms with van der Waals surface area (Å²) in [4.78, 5) is 12.3. The molecule has 0 saturated carbocycles. The number of para-hydroxylation sites is 1. The molecule has 132 valence electrons. The predicted octanol–water partition coefficient (Wildman–Crippen LogP) is 3.63. The van der Waals surface area contributed by atoms with Gasteiger partial charge in [-0.05, 0) is 47.4 Å². The SMILES string of the molecule is COc1ccccc1C1(CNC(=O)/C=C/c2ccsc2)CCOCC1. The number of carbonyl (C=O) groups excluding carboxylic acids is 1. The van der Waals surface area contributed by atoms with Crippen LogP contribution in [0.2, 0.25) is 0 Å². The van der Waals surface area contributed by atoms with Crippen molar-refractivity contribution in [1.29, 1.82) is 0 Å². The Kier molecular flexibility index (Phi) is 5.89. The molecule has 0 radical (unpaired) electrons. The van der Waals surface area contributed by atoms with E-state index in [9.17, 15) is 4.79 Å². The van der Waals surface area contributed by atoms with E-state index in [1.165, 1.54) is 0 Å². The van der Waals surface area contributed by atoms with Crippen LogP contribution < -0.4 is 10.1 Å². The molecule has 25 heavy (non-hydrogen) atoms. The second kappa shape index (κ2) is 8.32. The number of benzene rings is 1. The molecule has 0 aliphatic carbocycles. The van der Waals surface area contributed by atoms with Crippen molar-refractivity contribution < 1.29 is 14.3 Å². The number of amides is 1. The third-order valence-corrected chi connectivity index (χ3v) is 5.40. The van der Waals surface area contributed by atoms with Gasteiger partial charge in [-0.15, -0.1) is 0 Å². The van der Waals surface area contributed by atoms with Gasteiger partial charge in [0.25, 0.3) is 0 Å². The molecule has 0 bridgehead atoms. The number of thiophene rings is 1. The molecule has 2 heterocycles. The Morgan fingerprint density at radius 3 is 2.84 bits per heavy atom. The maximum atomic E-state index is 12.3. The van der Waals surface area contributed by atoms with E-state index >= 15 is 0 Å². The zero-order valence-electron chi connectivity index (χ0n) is 14.4. The Labute approximate surface area is 152 Å². The topological polar surface area (TPSA) is 47.6 Å². The van der Waals surface area contributed by atoms with Crippen LogP contribution in [0, 0.1) is 0 Å². The van der Waals surface area contributed by atoms with Crippen LogP contribution in [0.15, 0.2) is 47.2 Å². The summed E-state index contributed by atoms with van der Waals surface area (Å²) in [5.41, 5.74) is 2.03. The van der Waals surface area contributed by atoms with Gasteiger partial charge in [0.15, 0.2) is 0 Å². The third kappa shape index (κ3) is 4.30. The van der Waals surface area contributed by atoms with Gasteiger partial charge >= 0.3 is 0 Å². The second-order valence-electron chi connectivity index (χ2n) is 6.20. The maximum absolute atomic E-state index is 12.3. The normalized spacial score (nSPS) is 16.7. The van der Waals surface area contributed by atoms with Crippen LogP contribution in [-0.4, -0.2) is 32.8 Å². The minimum atomic E-state index is -0.156. The molecule has 1 N–H and O–H groups in total. The number of hydrogen-bond donors (Lipinski definition) is 1. The van der Waals surface area contributed by atoms with Gasteiger partial charge in [0, 0.05) is 36.8 Å². The summed E-state index contributed by atoms with van der Waals surface area (Å²) in [6, 6.07) is 10.1. The standard InChI is InChI=1S/C20H23NO3S/c1-23-18-5-3-2-4-17(18)20(9-11-24-12-10-20)15-21-19(22)7-6-16-8-13-25-14-16/h2-8,13-14H,9-12,15H2,1H3,(H,21,22)/b7-6+. The van der Waals surface area contributed by atoms with Crippen molar-refractivity contribution >= 4 is 23.3 Å². The van der Waals surface area contributed by atoms with E-state index in [2.05, 4.69) is 11.4 Å². The van der Waals surface area contributed by atoms with E-state index in [1.54, 1.807) is 24.5 Å². The lowest BCUT2D eigenvalue weighted by Crippen LogP contribution is -2.44. The number of hydrogen-bond acceptors (Lipinski definition) is 4. The van der Waals surface area contributed by atoms with Crippen molar-refractivity contribution in [2.75, 3.05) is 26.9 Å². The molecule has 4 nitrogen and oxygen atoms in total. The molecule has 1 fully saturated rings. The summed E-state index contributed by atoms with van der Waals surface area (Å²) >= 11 is 1.62. The van der Waals surface area contributed by atoms with Gasteiger partial charge in [-0.2, -0.15) is 11.3 Å². The minimum Gasteiger partial charge on any atom is -0.496 e. The molecule has 0 spiro atoms. The first-order valence-electron chi connectivity index (χ1n) is 8.43. The average molecular weight is 357 g/mol. The third-order valence-electron chi connectivity index (χ3n) is 4.70. The van der Waals surface area contributed by atoms with Crippen LogP contribution in [0.3, 0.4) is 0 Å². The van der Waals surface area contributed by atoms with Crippen molar-refractivity contribution in [3.8, 4) is 5.75 Å². The molecular formula is C20H23NO3S. The van der Waals surface area contributed by atoms with Gasteiger partial charge in [-0.25, -0.2) is 0 Å². The molecule has 1 aliphatic heterocycles. The van der Waals surface area contributed by atoms with Crippen LogP contribution in [0.5, 0.6) is 5.75 Å². The van der Waals surface area contributed by atoms with Crippen LogP contribution >= 0.6 is 11.3 Å². The molecule has 3 rings (SSSR count). The molecular weight excluding hydrogens is 334 g/mol. The Morgan fingerprint density at radius 1 is 1.32 bits per heavy atom. The monoisotopic (exact) mass is 357 g/mol. The van der Waals surface area contributed by atoms with Gasteiger partial charge < -0.3 is 14.8 Å². The van der Waals surface area contributed by atoms with Crippen LogP contribution in [0.1, 0.15) is 24.0 Å². The van der Waals surface area contributed by atoms with Crippen molar-refractivity contribution in [2.45, 2.75) is 18.3 Å². The Morgan fingerprint density at radius 2 is 2.12 bits per heavy atom. The number of ether oxygens (including phenoxy) is 2. The van der Waals surface area contributed by atoms with Crippen molar-refractivity contribution in [1.82, 2.24) is 5.32 Å². The number of carbonyl (C=O) groups is 1. The van der Waals surface area contributed by atoms with E-state index in [0.29, 0.717) is 19.8 Å².